The Labute approximate surface area is 227 Å². The van der Waals surface area contributed by atoms with Crippen molar-refractivity contribution in [1.29, 1.82) is 0 Å². The van der Waals surface area contributed by atoms with E-state index in [1.54, 1.807) is 48.4 Å². The molecule has 37 heavy (non-hydrogen) atoms. The molecule has 0 aliphatic carbocycles. The number of rotatable bonds is 5. The Bertz CT molecular complexity index is 1460. The number of hydrogen-bond donors (Lipinski definition) is 1. The molecule has 1 N–H and O–H groups in total. The van der Waals surface area contributed by atoms with E-state index in [9.17, 15) is 9.59 Å². The van der Waals surface area contributed by atoms with Crippen LogP contribution in [-0.2, 0) is 9.59 Å². The highest BCUT2D eigenvalue weighted by molar-refractivity contribution is 8.04. The number of amides is 2. The fourth-order valence-electron chi connectivity index (χ4n) is 4.25. The van der Waals surface area contributed by atoms with E-state index in [1.165, 1.54) is 16.8 Å². The lowest BCUT2D eigenvalue weighted by molar-refractivity contribution is -0.137. The number of nitrogens with one attached hydrogen (secondary N) is 1. The minimum absolute atomic E-state index is 0.0458. The summed E-state index contributed by atoms with van der Waals surface area (Å²) in [6.07, 6.45) is 3.35. The molecule has 6 nitrogen and oxygen atoms in total. The zero-order chi connectivity index (χ0) is 25.4. The predicted molar refractivity (Wildman–Crippen MR) is 147 cm³/mol. The number of hydrogen-bond acceptors (Lipinski definition) is 6. The van der Waals surface area contributed by atoms with Crippen molar-refractivity contribution in [2.75, 3.05) is 11.4 Å². The number of para-hydroxylation sites is 2. The van der Waals surface area contributed by atoms with Crippen molar-refractivity contribution in [3.05, 3.63) is 112 Å². The monoisotopic (exact) mass is 545 g/mol. The van der Waals surface area contributed by atoms with E-state index in [0.717, 1.165) is 26.7 Å². The van der Waals surface area contributed by atoms with Gasteiger partial charge in [0.15, 0.2) is 5.37 Å². The summed E-state index contributed by atoms with van der Waals surface area (Å²) >= 11 is 9.01. The molecule has 1 fully saturated rings. The van der Waals surface area contributed by atoms with Crippen LogP contribution in [0.5, 0.6) is 0 Å². The molecular formula is C28H20ClN3O3S2. The van der Waals surface area contributed by atoms with E-state index in [2.05, 4.69) is 5.43 Å². The van der Waals surface area contributed by atoms with Gasteiger partial charge in [0, 0.05) is 14.8 Å². The topological polar surface area (TPSA) is 65.8 Å². The highest BCUT2D eigenvalue weighted by Gasteiger charge is 2.40. The standard InChI is InChI=1S/C28H20ClN3O3S2/c29-19-13-11-18(12-14-19)16-25-27(34)32(28(37-25)22-8-5-15-35-22)30-26(33)17-31-20-6-1-3-9-23(20)36-24-10-4-2-7-21(24)31/h1-16,28H,17H2,(H,30,33)/b25-16-. The summed E-state index contributed by atoms with van der Waals surface area (Å²) < 4.78 is 5.61. The Hall–Kier alpha value is -3.59. The number of nitrogens with zero attached hydrogens (tertiary/aromatic N) is 2. The van der Waals surface area contributed by atoms with Crippen molar-refractivity contribution in [3.8, 4) is 0 Å². The van der Waals surface area contributed by atoms with E-state index >= 15 is 0 Å². The van der Waals surface area contributed by atoms with Gasteiger partial charge in [-0.05, 0) is 60.2 Å². The summed E-state index contributed by atoms with van der Waals surface area (Å²) in [7, 11) is 0. The van der Waals surface area contributed by atoms with Gasteiger partial charge in [0.1, 0.15) is 12.3 Å². The third kappa shape index (κ3) is 4.75. The number of halogens is 1. The van der Waals surface area contributed by atoms with Crippen molar-refractivity contribution in [3.63, 3.8) is 0 Å². The van der Waals surface area contributed by atoms with Gasteiger partial charge in [0.25, 0.3) is 11.8 Å². The van der Waals surface area contributed by atoms with E-state index in [-0.39, 0.29) is 18.4 Å². The number of fused-ring (bicyclic) bond motifs is 2. The minimum Gasteiger partial charge on any atom is -0.466 e. The summed E-state index contributed by atoms with van der Waals surface area (Å²) in [6, 6.07) is 26.8. The molecule has 1 aromatic heterocycles. The van der Waals surface area contributed by atoms with Gasteiger partial charge in [-0.3, -0.25) is 15.0 Å². The zero-order valence-electron chi connectivity index (χ0n) is 19.3. The van der Waals surface area contributed by atoms with E-state index in [1.807, 2.05) is 65.6 Å². The van der Waals surface area contributed by atoms with Crippen molar-refractivity contribution < 1.29 is 14.0 Å². The van der Waals surface area contributed by atoms with Crippen LogP contribution < -0.4 is 10.3 Å². The third-order valence-electron chi connectivity index (χ3n) is 5.94. The van der Waals surface area contributed by atoms with Crippen LogP contribution in [0.3, 0.4) is 0 Å². The van der Waals surface area contributed by atoms with Crippen molar-refractivity contribution in [2.24, 2.45) is 0 Å². The quantitative estimate of drug-likeness (QED) is 0.276. The molecule has 2 aliphatic rings. The predicted octanol–water partition coefficient (Wildman–Crippen LogP) is 6.88. The van der Waals surface area contributed by atoms with Gasteiger partial charge in [-0.1, -0.05) is 71.5 Å². The molecule has 0 radical (unpaired) electrons. The van der Waals surface area contributed by atoms with Crippen LogP contribution >= 0.6 is 35.1 Å². The van der Waals surface area contributed by atoms with Crippen molar-refractivity contribution >= 4 is 64.4 Å². The minimum atomic E-state index is -0.526. The SMILES string of the molecule is O=C(CN1c2ccccc2Sc2ccccc21)NN1C(=O)/C(=C/c2ccc(Cl)cc2)SC1c1ccco1. The van der Waals surface area contributed by atoms with Crippen molar-refractivity contribution in [1.82, 2.24) is 10.4 Å². The molecule has 3 aromatic carbocycles. The molecule has 1 saturated heterocycles. The second-order valence-electron chi connectivity index (χ2n) is 8.38. The van der Waals surface area contributed by atoms with Gasteiger partial charge < -0.3 is 9.32 Å². The number of benzene rings is 3. The van der Waals surface area contributed by atoms with Gasteiger partial charge in [0.2, 0.25) is 0 Å². The molecular weight excluding hydrogens is 526 g/mol. The summed E-state index contributed by atoms with van der Waals surface area (Å²) in [5.41, 5.74) is 5.60. The molecule has 3 heterocycles. The number of thioether (sulfide) groups is 1. The second-order valence-corrected chi connectivity index (χ2v) is 11.0. The number of carbonyl (C=O) groups excluding carboxylic acids is 2. The third-order valence-corrected chi connectivity index (χ3v) is 8.53. The van der Waals surface area contributed by atoms with Gasteiger partial charge in [-0.15, -0.1) is 0 Å². The lowest BCUT2D eigenvalue weighted by atomic mass is 10.2. The first-order chi connectivity index (χ1) is 18.1. The normalized spacial score (nSPS) is 17.6. The first-order valence-electron chi connectivity index (χ1n) is 11.5. The molecule has 0 saturated carbocycles. The molecule has 0 spiro atoms. The van der Waals surface area contributed by atoms with Gasteiger partial charge in [-0.2, -0.15) is 0 Å². The maximum absolute atomic E-state index is 13.4. The van der Waals surface area contributed by atoms with Crippen LogP contribution in [0.2, 0.25) is 5.02 Å². The average Bonchev–Trinajstić information content (AvgIpc) is 3.54. The first-order valence-corrected chi connectivity index (χ1v) is 13.6. The molecule has 4 aromatic rings. The molecule has 6 rings (SSSR count). The number of hydrazine groups is 1. The Kier molecular flexibility index (Phi) is 6.46. The summed E-state index contributed by atoms with van der Waals surface area (Å²) in [6.45, 7) is 0.0458. The highest BCUT2D eigenvalue weighted by Crippen LogP contribution is 2.48. The lowest BCUT2D eigenvalue weighted by Crippen LogP contribution is -2.47. The Morgan fingerprint density at radius 1 is 0.946 bits per heavy atom. The summed E-state index contributed by atoms with van der Waals surface area (Å²) in [4.78, 5) is 31.5. The van der Waals surface area contributed by atoms with Gasteiger partial charge >= 0.3 is 0 Å². The Balaban J connectivity index is 1.27. The molecule has 184 valence electrons. The smallest absolute Gasteiger partial charge is 0.280 e. The van der Waals surface area contributed by atoms with Gasteiger partial charge in [0.05, 0.1) is 22.5 Å². The van der Waals surface area contributed by atoms with Crippen LogP contribution in [0.15, 0.2) is 110 Å². The molecule has 2 aliphatic heterocycles. The number of carbonyl (C=O) groups is 2. The average molecular weight is 546 g/mol. The number of furan rings is 1. The molecule has 2 amide bonds. The Morgan fingerprint density at radius 3 is 2.27 bits per heavy atom. The molecule has 9 heteroatoms. The largest absolute Gasteiger partial charge is 0.466 e. The van der Waals surface area contributed by atoms with E-state index in [4.69, 9.17) is 16.0 Å². The fourth-order valence-corrected chi connectivity index (χ4v) is 6.62. The lowest BCUT2D eigenvalue weighted by Gasteiger charge is -2.33. The summed E-state index contributed by atoms with van der Waals surface area (Å²) in [5, 5.41) is 1.44. The summed E-state index contributed by atoms with van der Waals surface area (Å²) in [5.74, 6) is -0.0392. The van der Waals surface area contributed by atoms with Crippen LogP contribution in [0, 0.1) is 0 Å². The van der Waals surface area contributed by atoms with Crippen LogP contribution in [-0.4, -0.2) is 23.4 Å². The van der Waals surface area contributed by atoms with Crippen LogP contribution in [0.4, 0.5) is 11.4 Å². The molecule has 0 bridgehead atoms. The fraction of sp³-hybridized carbons (Fsp3) is 0.0714. The van der Waals surface area contributed by atoms with E-state index in [0.29, 0.717) is 15.7 Å². The van der Waals surface area contributed by atoms with Crippen LogP contribution in [0.25, 0.3) is 6.08 Å². The zero-order valence-corrected chi connectivity index (χ0v) is 21.7. The first kappa shape index (κ1) is 23.8. The Morgan fingerprint density at radius 2 is 1.62 bits per heavy atom. The van der Waals surface area contributed by atoms with Crippen LogP contribution in [0.1, 0.15) is 16.7 Å². The number of anilines is 2. The second kappa shape index (κ2) is 10.0. The molecule has 1 atom stereocenters. The maximum Gasteiger partial charge on any atom is 0.280 e. The molecule has 1 unspecified atom stereocenters. The van der Waals surface area contributed by atoms with E-state index < -0.39 is 5.37 Å². The van der Waals surface area contributed by atoms with Crippen molar-refractivity contribution in [2.45, 2.75) is 15.2 Å². The maximum atomic E-state index is 13.4. The highest BCUT2D eigenvalue weighted by atomic mass is 35.5. The van der Waals surface area contributed by atoms with Gasteiger partial charge in [-0.25, -0.2) is 5.01 Å².